The number of hydrogen-bond acceptors (Lipinski definition) is 13. The first kappa shape index (κ1) is 31.2. The summed E-state index contributed by atoms with van der Waals surface area (Å²) < 4.78 is 59.8. The molecule has 4 fully saturated rings. The lowest BCUT2D eigenvalue weighted by molar-refractivity contribution is -0.325. The molecule has 4 aliphatic rings. The summed E-state index contributed by atoms with van der Waals surface area (Å²) in [5.74, 6) is -2.98. The molecule has 4 saturated heterocycles. The second kappa shape index (κ2) is 12.4. The SMILES string of the molecule is CC(=O)OCC1O[C@H](OCC2O[C@@H]3OC(C)(C)OC3C3OC(C)(C)O[C@@H]23)C(OCc2ccccc2)C(OC(C)=O)[C@@H]1O. The van der Waals surface area contributed by atoms with Gasteiger partial charge in [-0.15, -0.1) is 0 Å². The van der Waals surface area contributed by atoms with E-state index in [-0.39, 0.29) is 19.8 Å². The zero-order valence-corrected chi connectivity index (χ0v) is 24.6. The van der Waals surface area contributed by atoms with Gasteiger partial charge in [-0.2, -0.15) is 0 Å². The Hall–Kier alpha value is -2.20. The van der Waals surface area contributed by atoms with Crippen molar-refractivity contribution in [1.29, 1.82) is 0 Å². The van der Waals surface area contributed by atoms with E-state index in [9.17, 15) is 14.7 Å². The fourth-order valence-electron chi connectivity index (χ4n) is 5.65. The van der Waals surface area contributed by atoms with Crippen LogP contribution in [0.2, 0.25) is 0 Å². The Kier molecular flexibility index (Phi) is 9.24. The third-order valence-electron chi connectivity index (χ3n) is 7.33. The number of benzene rings is 1. The zero-order chi connectivity index (χ0) is 30.2. The average molecular weight is 597 g/mol. The van der Waals surface area contributed by atoms with Crippen LogP contribution >= 0.6 is 0 Å². The molecule has 1 aromatic carbocycles. The van der Waals surface area contributed by atoms with Crippen LogP contribution in [0.25, 0.3) is 0 Å². The Morgan fingerprint density at radius 2 is 1.45 bits per heavy atom. The zero-order valence-electron chi connectivity index (χ0n) is 24.6. The second-order valence-electron chi connectivity index (χ2n) is 11.7. The molecule has 6 unspecified atom stereocenters. The van der Waals surface area contributed by atoms with Crippen LogP contribution < -0.4 is 0 Å². The van der Waals surface area contributed by atoms with Crippen LogP contribution in [-0.4, -0.2) is 103 Å². The van der Waals surface area contributed by atoms with Gasteiger partial charge in [0.1, 0.15) is 49.3 Å². The number of fused-ring (bicyclic) bond motifs is 3. The number of ether oxygens (including phenoxy) is 10. The lowest BCUT2D eigenvalue weighted by Crippen LogP contribution is -2.62. The van der Waals surface area contributed by atoms with Crippen molar-refractivity contribution in [1.82, 2.24) is 0 Å². The summed E-state index contributed by atoms with van der Waals surface area (Å²) in [5.41, 5.74) is 0.846. The summed E-state index contributed by atoms with van der Waals surface area (Å²) in [6.45, 7) is 9.44. The van der Waals surface area contributed by atoms with E-state index in [0.717, 1.165) is 5.56 Å². The molecule has 13 nitrogen and oxygen atoms in total. The van der Waals surface area contributed by atoms with Crippen molar-refractivity contribution < 1.29 is 62.1 Å². The molecule has 0 bridgehead atoms. The first-order chi connectivity index (χ1) is 19.8. The average Bonchev–Trinajstić information content (AvgIpc) is 3.41. The predicted molar refractivity (Wildman–Crippen MR) is 140 cm³/mol. The van der Waals surface area contributed by atoms with Crippen molar-refractivity contribution in [2.45, 2.75) is 121 Å². The van der Waals surface area contributed by atoms with Crippen molar-refractivity contribution in [2.75, 3.05) is 13.2 Å². The highest BCUT2D eigenvalue weighted by Gasteiger charge is 2.61. The fourth-order valence-corrected chi connectivity index (χ4v) is 5.65. The number of aliphatic hydroxyl groups excluding tert-OH is 1. The molecule has 1 aromatic rings. The number of rotatable bonds is 9. The lowest BCUT2D eigenvalue weighted by Gasteiger charge is -2.44. The van der Waals surface area contributed by atoms with Gasteiger partial charge in [0.15, 0.2) is 30.3 Å². The third kappa shape index (κ3) is 7.12. The van der Waals surface area contributed by atoms with Gasteiger partial charge >= 0.3 is 11.9 Å². The molecule has 13 heteroatoms. The number of hydrogen-bond donors (Lipinski definition) is 1. The van der Waals surface area contributed by atoms with Gasteiger partial charge < -0.3 is 52.5 Å². The molecule has 1 N–H and O–H groups in total. The molecule has 234 valence electrons. The summed E-state index contributed by atoms with van der Waals surface area (Å²) in [6, 6.07) is 9.35. The molecular weight excluding hydrogens is 556 g/mol. The smallest absolute Gasteiger partial charge is 0.303 e. The molecule has 0 amide bonds. The molecular formula is C29H40O13. The van der Waals surface area contributed by atoms with E-state index >= 15 is 0 Å². The van der Waals surface area contributed by atoms with Crippen molar-refractivity contribution in [3.05, 3.63) is 35.9 Å². The molecule has 0 aliphatic carbocycles. The lowest BCUT2D eigenvalue weighted by atomic mass is 9.98. The maximum absolute atomic E-state index is 12.1. The van der Waals surface area contributed by atoms with E-state index in [1.165, 1.54) is 13.8 Å². The maximum atomic E-state index is 12.1. The molecule has 0 radical (unpaired) electrons. The summed E-state index contributed by atoms with van der Waals surface area (Å²) in [7, 11) is 0. The van der Waals surface area contributed by atoms with Gasteiger partial charge in [-0.25, -0.2) is 0 Å². The molecule has 0 spiro atoms. The highest BCUT2D eigenvalue weighted by Crippen LogP contribution is 2.44. The first-order valence-corrected chi connectivity index (χ1v) is 14.1. The van der Waals surface area contributed by atoms with Crippen LogP contribution in [0, 0.1) is 0 Å². The van der Waals surface area contributed by atoms with Gasteiger partial charge in [-0.3, -0.25) is 9.59 Å². The van der Waals surface area contributed by atoms with Crippen molar-refractivity contribution in [2.24, 2.45) is 0 Å². The van der Waals surface area contributed by atoms with Crippen LogP contribution in [0.3, 0.4) is 0 Å². The van der Waals surface area contributed by atoms with Crippen LogP contribution in [0.4, 0.5) is 0 Å². The summed E-state index contributed by atoms with van der Waals surface area (Å²) >= 11 is 0. The largest absolute Gasteiger partial charge is 0.463 e. The number of aliphatic hydroxyl groups is 1. The Balaban J connectivity index is 1.36. The highest BCUT2D eigenvalue weighted by molar-refractivity contribution is 5.66. The van der Waals surface area contributed by atoms with Gasteiger partial charge in [-0.1, -0.05) is 30.3 Å². The Bertz CT molecular complexity index is 1090. The number of esters is 2. The van der Waals surface area contributed by atoms with Gasteiger partial charge in [0, 0.05) is 13.8 Å². The molecule has 5 rings (SSSR count). The van der Waals surface area contributed by atoms with Crippen LogP contribution in [0.1, 0.15) is 47.1 Å². The van der Waals surface area contributed by atoms with E-state index in [1.807, 2.05) is 44.2 Å². The van der Waals surface area contributed by atoms with Gasteiger partial charge in [0.05, 0.1) is 13.2 Å². The summed E-state index contributed by atoms with van der Waals surface area (Å²) in [4.78, 5) is 23.6. The van der Waals surface area contributed by atoms with E-state index < -0.39 is 84.9 Å². The van der Waals surface area contributed by atoms with Gasteiger partial charge in [-0.05, 0) is 33.3 Å². The minimum absolute atomic E-state index is 0.0628. The first-order valence-electron chi connectivity index (χ1n) is 14.1. The van der Waals surface area contributed by atoms with Crippen LogP contribution in [-0.2, 0) is 63.6 Å². The van der Waals surface area contributed by atoms with E-state index in [4.69, 9.17) is 47.4 Å². The Morgan fingerprint density at radius 1 is 0.786 bits per heavy atom. The minimum Gasteiger partial charge on any atom is -0.463 e. The monoisotopic (exact) mass is 596 g/mol. The summed E-state index contributed by atoms with van der Waals surface area (Å²) in [6.07, 6.45) is -8.78. The van der Waals surface area contributed by atoms with E-state index in [2.05, 4.69) is 0 Å². The summed E-state index contributed by atoms with van der Waals surface area (Å²) in [5, 5.41) is 11.1. The topological polar surface area (TPSA) is 147 Å². The number of carbonyl (C=O) groups is 2. The second-order valence-corrected chi connectivity index (χ2v) is 11.7. The molecule has 42 heavy (non-hydrogen) atoms. The molecule has 0 saturated carbocycles. The maximum Gasteiger partial charge on any atom is 0.303 e. The highest BCUT2D eigenvalue weighted by atomic mass is 16.9. The van der Waals surface area contributed by atoms with Gasteiger partial charge in [0.2, 0.25) is 0 Å². The third-order valence-corrected chi connectivity index (χ3v) is 7.33. The van der Waals surface area contributed by atoms with E-state index in [1.54, 1.807) is 13.8 Å². The molecule has 4 heterocycles. The van der Waals surface area contributed by atoms with Crippen LogP contribution in [0.15, 0.2) is 30.3 Å². The van der Waals surface area contributed by atoms with Crippen molar-refractivity contribution in [3.63, 3.8) is 0 Å². The fraction of sp³-hybridized carbons (Fsp3) is 0.724. The predicted octanol–water partition coefficient (Wildman–Crippen LogP) is 1.57. The quantitative estimate of drug-likeness (QED) is 0.412. The standard InChI is InChI=1S/C29H40O13/c1-15(30)33-13-18-20(32)22(36-16(2)31)24(34-12-17-10-8-7-9-11-17)26(37-18)35-14-19-21-23(40-28(3,4)39-21)25-27(38-19)42-29(5,6)41-25/h7-11,18-27,32H,12-14H2,1-6H3/t18?,19?,20-,21+,22?,23?,24?,25?,26+,27-/m1/s1. The van der Waals surface area contributed by atoms with Crippen LogP contribution in [0.5, 0.6) is 0 Å². The molecule has 4 aliphatic heterocycles. The molecule has 10 atom stereocenters. The van der Waals surface area contributed by atoms with Crippen molar-refractivity contribution >= 4 is 11.9 Å². The Morgan fingerprint density at radius 3 is 2.14 bits per heavy atom. The molecule has 0 aromatic heterocycles. The van der Waals surface area contributed by atoms with Crippen molar-refractivity contribution in [3.8, 4) is 0 Å². The minimum atomic E-state index is -1.37. The number of carbonyl (C=O) groups excluding carboxylic acids is 2. The Labute approximate surface area is 244 Å². The normalized spacial score (nSPS) is 38.4. The van der Waals surface area contributed by atoms with E-state index in [0.29, 0.717) is 0 Å². The van der Waals surface area contributed by atoms with Gasteiger partial charge in [0.25, 0.3) is 0 Å².